The van der Waals surface area contributed by atoms with Crippen LogP contribution >= 0.6 is 11.6 Å². The van der Waals surface area contributed by atoms with Crippen molar-refractivity contribution in [3.8, 4) is 16.9 Å². The van der Waals surface area contributed by atoms with Gasteiger partial charge in [0.15, 0.2) is 17.7 Å². The maximum Gasteiger partial charge on any atom is 0.337 e. The summed E-state index contributed by atoms with van der Waals surface area (Å²) in [5, 5.41) is 10.9. The van der Waals surface area contributed by atoms with Gasteiger partial charge in [0.05, 0.1) is 12.2 Å². The minimum absolute atomic E-state index is 0.168. The second kappa shape index (κ2) is 10.8. The van der Waals surface area contributed by atoms with Gasteiger partial charge >= 0.3 is 5.97 Å². The molecule has 2 aliphatic rings. The molecule has 0 saturated heterocycles. The number of aryl methyl sites for hydroxylation is 2. The van der Waals surface area contributed by atoms with Crippen molar-refractivity contribution in [1.82, 2.24) is 0 Å². The average molecular weight is 580 g/mol. The molecule has 2 aliphatic heterocycles. The second-order valence-corrected chi connectivity index (χ2v) is 12.3. The number of halogens is 2. The van der Waals surface area contributed by atoms with Crippen molar-refractivity contribution in [1.29, 1.82) is 0 Å². The molecule has 0 aromatic heterocycles. The number of benzene rings is 3. The molecule has 1 N–H and O–H groups in total. The van der Waals surface area contributed by atoms with Gasteiger partial charge in [0.1, 0.15) is 0 Å². The first-order valence-electron chi connectivity index (χ1n) is 13.9. The topological polar surface area (TPSA) is 76.1 Å². The monoisotopic (exact) mass is 579 g/mol. The van der Waals surface area contributed by atoms with Crippen molar-refractivity contribution in [3.63, 3.8) is 0 Å². The third-order valence-electron chi connectivity index (χ3n) is 7.86. The Morgan fingerprint density at radius 2 is 1.80 bits per heavy atom. The Hall–Kier alpha value is -3.42. The van der Waals surface area contributed by atoms with Crippen molar-refractivity contribution >= 4 is 29.2 Å². The number of ether oxygens (including phenoxy) is 2. The highest BCUT2D eigenvalue weighted by Crippen LogP contribution is 2.48. The number of anilines is 1. The fraction of sp³-hybridized carbons (Fsp3) is 0.394. The van der Waals surface area contributed by atoms with Gasteiger partial charge in [-0.15, -0.1) is 0 Å². The summed E-state index contributed by atoms with van der Waals surface area (Å²) in [7, 11) is 0. The molecule has 5 rings (SSSR count). The third-order valence-corrected chi connectivity index (χ3v) is 8.10. The van der Waals surface area contributed by atoms with Crippen LogP contribution in [-0.4, -0.2) is 35.7 Å². The van der Waals surface area contributed by atoms with Gasteiger partial charge in [0.2, 0.25) is 0 Å². The molecular weight excluding hydrogens is 545 g/mol. The van der Waals surface area contributed by atoms with Crippen LogP contribution in [0.3, 0.4) is 0 Å². The van der Waals surface area contributed by atoms with Gasteiger partial charge < -0.3 is 19.5 Å². The summed E-state index contributed by atoms with van der Waals surface area (Å²) in [6.07, 6.45) is 0.611. The zero-order valence-corrected chi connectivity index (χ0v) is 25.0. The van der Waals surface area contributed by atoms with Gasteiger partial charge in [-0.1, -0.05) is 11.6 Å². The predicted octanol–water partition coefficient (Wildman–Crippen LogP) is 7.54. The molecule has 0 radical (unpaired) electrons. The molecule has 1 amide bonds. The van der Waals surface area contributed by atoms with Crippen molar-refractivity contribution in [2.24, 2.45) is 0 Å². The zero-order chi connectivity index (χ0) is 29.8. The van der Waals surface area contributed by atoms with Crippen LogP contribution in [0.2, 0.25) is 5.02 Å². The van der Waals surface area contributed by atoms with E-state index in [0.29, 0.717) is 64.5 Å². The third kappa shape index (κ3) is 5.33. The Morgan fingerprint density at radius 3 is 2.46 bits per heavy atom. The van der Waals surface area contributed by atoms with E-state index in [2.05, 4.69) is 0 Å². The van der Waals surface area contributed by atoms with E-state index in [1.165, 1.54) is 6.07 Å². The van der Waals surface area contributed by atoms with Gasteiger partial charge in [-0.3, -0.25) is 4.79 Å². The van der Waals surface area contributed by atoms with Crippen LogP contribution in [0.25, 0.3) is 11.1 Å². The Balaban J connectivity index is 1.78. The lowest BCUT2D eigenvalue weighted by Crippen LogP contribution is -2.30. The molecule has 41 heavy (non-hydrogen) atoms. The number of hydrogen-bond acceptors (Lipinski definition) is 4. The van der Waals surface area contributed by atoms with E-state index in [1.54, 1.807) is 43.9 Å². The van der Waals surface area contributed by atoms with Crippen molar-refractivity contribution in [2.45, 2.75) is 72.5 Å². The van der Waals surface area contributed by atoms with Gasteiger partial charge in [-0.05, 0) is 125 Å². The highest BCUT2D eigenvalue weighted by molar-refractivity contribution is 6.30. The molecule has 3 aromatic rings. The summed E-state index contributed by atoms with van der Waals surface area (Å²) >= 11 is 6.14. The number of carbonyl (C=O) groups is 2. The van der Waals surface area contributed by atoms with E-state index in [-0.39, 0.29) is 11.7 Å². The molecule has 1 unspecified atom stereocenters. The Kier molecular flexibility index (Phi) is 7.64. The number of fused-ring (bicyclic) bond motifs is 2. The lowest BCUT2D eigenvalue weighted by atomic mass is 9.83. The number of nitrogens with zero attached hydrogens (tertiary/aromatic N) is 1. The van der Waals surface area contributed by atoms with Crippen LogP contribution in [0.4, 0.5) is 10.1 Å². The van der Waals surface area contributed by atoms with E-state index >= 15 is 4.39 Å². The molecule has 2 heterocycles. The fourth-order valence-electron chi connectivity index (χ4n) is 6.07. The minimum Gasteiger partial charge on any atom is -0.490 e. The molecule has 216 valence electrons. The maximum atomic E-state index is 15.6. The lowest BCUT2D eigenvalue weighted by molar-refractivity contribution is -0.160. The van der Waals surface area contributed by atoms with Gasteiger partial charge in [0, 0.05) is 33.9 Å². The molecule has 3 aromatic carbocycles. The van der Waals surface area contributed by atoms with Gasteiger partial charge in [-0.2, -0.15) is 0 Å². The summed E-state index contributed by atoms with van der Waals surface area (Å²) in [6, 6.07) is 8.48. The summed E-state index contributed by atoms with van der Waals surface area (Å²) < 4.78 is 27.4. The lowest BCUT2D eigenvalue weighted by Gasteiger charge is -2.30. The van der Waals surface area contributed by atoms with E-state index < -0.39 is 23.5 Å². The highest BCUT2D eigenvalue weighted by atomic mass is 35.5. The fourth-order valence-corrected chi connectivity index (χ4v) is 6.30. The molecule has 8 heteroatoms. The molecule has 0 aliphatic carbocycles. The Morgan fingerprint density at radius 1 is 1.07 bits per heavy atom. The second-order valence-electron chi connectivity index (χ2n) is 11.9. The number of amides is 1. The molecular formula is C33H35ClFNO5. The smallest absolute Gasteiger partial charge is 0.337 e. The molecule has 1 atom stereocenters. The first-order chi connectivity index (χ1) is 19.3. The normalized spacial score (nSPS) is 15.3. The summed E-state index contributed by atoms with van der Waals surface area (Å²) in [5.74, 6) is -1.52. The molecule has 0 spiro atoms. The summed E-state index contributed by atoms with van der Waals surface area (Å²) in [6.45, 7) is 11.9. The minimum atomic E-state index is -1.30. The van der Waals surface area contributed by atoms with E-state index in [1.807, 2.05) is 26.8 Å². The van der Waals surface area contributed by atoms with Crippen LogP contribution in [0.5, 0.6) is 5.75 Å². The Labute approximate surface area is 245 Å². The zero-order valence-electron chi connectivity index (χ0n) is 24.3. The maximum absolute atomic E-state index is 15.6. The average Bonchev–Trinajstić information content (AvgIpc) is 3.31. The van der Waals surface area contributed by atoms with E-state index in [9.17, 15) is 14.7 Å². The molecule has 0 fully saturated rings. The highest BCUT2D eigenvalue weighted by Gasteiger charge is 2.37. The summed E-state index contributed by atoms with van der Waals surface area (Å²) in [4.78, 5) is 28.3. The van der Waals surface area contributed by atoms with Crippen LogP contribution < -0.4 is 9.64 Å². The number of carboxylic acids is 1. The van der Waals surface area contributed by atoms with Crippen LogP contribution in [0, 0.1) is 26.6 Å². The number of carboxylic acid groups (broad SMARTS) is 1. The van der Waals surface area contributed by atoms with Gasteiger partial charge in [0.25, 0.3) is 5.91 Å². The molecule has 0 bridgehead atoms. The standard InChI is InChI=1S/C33H35ClFNO5/c1-17-14-20(34)9-10-21(17)31(37)36-12-11-23-26(36)15-18(2)27(30(32(38)39)41-33(4,5)6)28(23)24-16-25(35)29-22(19(24)3)8-7-13-40-29/h9-10,14-16,30H,7-8,11-13H2,1-6H3,(H,38,39). The summed E-state index contributed by atoms with van der Waals surface area (Å²) in [5.41, 5.74) is 6.00. The predicted molar refractivity (Wildman–Crippen MR) is 158 cm³/mol. The SMILES string of the molecule is Cc1cc(Cl)ccc1C(=O)N1CCc2c1cc(C)c(C(OC(C)(C)C)C(=O)O)c2-c1cc(F)c2c(c1C)CCCO2. The first-order valence-corrected chi connectivity index (χ1v) is 14.3. The van der Waals surface area contributed by atoms with Gasteiger partial charge in [-0.25, -0.2) is 9.18 Å². The molecule has 6 nitrogen and oxygen atoms in total. The van der Waals surface area contributed by atoms with E-state index in [4.69, 9.17) is 21.1 Å². The van der Waals surface area contributed by atoms with Crippen molar-refractivity contribution in [3.05, 3.63) is 80.1 Å². The first kappa shape index (κ1) is 29.1. The number of aliphatic carboxylic acids is 1. The quantitative estimate of drug-likeness (QED) is 0.338. The number of hydrogen-bond donors (Lipinski definition) is 1. The van der Waals surface area contributed by atoms with Crippen LogP contribution in [0.1, 0.15) is 77.0 Å². The number of rotatable bonds is 5. The van der Waals surface area contributed by atoms with Crippen molar-refractivity contribution < 1.29 is 28.6 Å². The largest absolute Gasteiger partial charge is 0.490 e. The van der Waals surface area contributed by atoms with Crippen LogP contribution in [0.15, 0.2) is 30.3 Å². The van der Waals surface area contributed by atoms with Crippen LogP contribution in [-0.2, 0) is 22.4 Å². The van der Waals surface area contributed by atoms with Crippen molar-refractivity contribution in [2.75, 3.05) is 18.1 Å². The number of carbonyl (C=O) groups excluding carboxylic acids is 1. The van der Waals surface area contributed by atoms with E-state index in [0.717, 1.165) is 28.7 Å². The Bertz CT molecular complexity index is 1580. The molecule has 0 saturated carbocycles.